The molecule has 0 saturated carbocycles. The molecular weight excluding hydrogens is 208 g/mol. The molecule has 88 valence electrons. The summed E-state index contributed by atoms with van der Waals surface area (Å²) in [6, 6.07) is 4.83. The van der Waals surface area contributed by atoms with E-state index in [-0.39, 0.29) is 11.5 Å². The minimum Gasteiger partial charge on any atom is -0.504 e. The molecule has 1 saturated heterocycles. The van der Waals surface area contributed by atoms with E-state index in [0.29, 0.717) is 6.54 Å². The molecule has 0 bridgehead atoms. The van der Waals surface area contributed by atoms with E-state index in [1.54, 1.807) is 12.1 Å². The molecule has 1 heterocycles. The maximum Gasteiger partial charge on any atom is 0.157 e. The average Bonchev–Trinajstić information content (AvgIpc) is 2.32. The Morgan fingerprint density at radius 3 is 2.62 bits per heavy atom. The summed E-state index contributed by atoms with van der Waals surface area (Å²) < 4.78 is 5.23. The van der Waals surface area contributed by atoms with Crippen molar-refractivity contribution in [1.29, 1.82) is 0 Å². The largest absolute Gasteiger partial charge is 0.504 e. The summed E-state index contributed by atoms with van der Waals surface area (Å²) in [5.41, 5.74) is 4.18. The Balaban J connectivity index is 1.86. The van der Waals surface area contributed by atoms with Gasteiger partial charge in [-0.2, -0.15) is 0 Å². The van der Waals surface area contributed by atoms with Gasteiger partial charge in [-0.05, 0) is 17.7 Å². The number of benzene rings is 1. The predicted octanol–water partition coefficient (Wildman–Crippen LogP) is 0.435. The van der Waals surface area contributed by atoms with Gasteiger partial charge in [0.25, 0.3) is 0 Å². The van der Waals surface area contributed by atoms with Crippen molar-refractivity contribution in [1.82, 2.24) is 10.4 Å². The van der Waals surface area contributed by atoms with E-state index in [2.05, 4.69) is 10.4 Å². The monoisotopic (exact) mass is 224 g/mol. The van der Waals surface area contributed by atoms with Gasteiger partial charge in [-0.15, -0.1) is 0 Å². The van der Waals surface area contributed by atoms with Gasteiger partial charge in [0.15, 0.2) is 11.5 Å². The minimum absolute atomic E-state index is 0.0822. The van der Waals surface area contributed by atoms with Crippen LogP contribution >= 0.6 is 0 Å². The fourth-order valence-electron chi connectivity index (χ4n) is 1.60. The second-order valence-electron chi connectivity index (χ2n) is 3.76. The lowest BCUT2D eigenvalue weighted by Gasteiger charge is -2.27. The molecule has 0 atom stereocenters. The van der Waals surface area contributed by atoms with Gasteiger partial charge in [-0.25, -0.2) is 5.01 Å². The topological polar surface area (TPSA) is 65.0 Å². The number of hydrazine groups is 1. The highest BCUT2D eigenvalue weighted by Gasteiger charge is 2.09. The minimum atomic E-state index is -0.0878. The zero-order valence-electron chi connectivity index (χ0n) is 9.02. The fraction of sp³-hybridized carbons (Fsp3) is 0.455. The molecule has 0 aliphatic carbocycles. The van der Waals surface area contributed by atoms with Gasteiger partial charge < -0.3 is 14.9 Å². The SMILES string of the molecule is Oc1ccc(CNN2CCOCC2)cc1O. The molecule has 0 aromatic heterocycles. The molecule has 16 heavy (non-hydrogen) atoms. The molecule has 5 heteroatoms. The van der Waals surface area contributed by atoms with E-state index in [1.807, 2.05) is 0 Å². The molecule has 1 aliphatic heterocycles. The summed E-state index contributed by atoms with van der Waals surface area (Å²) in [5.74, 6) is -0.170. The highest BCUT2D eigenvalue weighted by molar-refractivity contribution is 5.40. The van der Waals surface area contributed by atoms with Crippen molar-refractivity contribution >= 4 is 0 Å². The van der Waals surface area contributed by atoms with Gasteiger partial charge in [-0.3, -0.25) is 5.43 Å². The number of phenols is 2. The quantitative estimate of drug-likeness (QED) is 0.650. The molecule has 2 rings (SSSR count). The lowest BCUT2D eigenvalue weighted by molar-refractivity contribution is 0.0105. The van der Waals surface area contributed by atoms with Crippen LogP contribution in [0.5, 0.6) is 11.5 Å². The smallest absolute Gasteiger partial charge is 0.157 e. The third-order valence-electron chi connectivity index (χ3n) is 2.56. The Bertz CT molecular complexity index is 351. The summed E-state index contributed by atoms with van der Waals surface area (Å²) in [7, 11) is 0. The van der Waals surface area contributed by atoms with Crippen LogP contribution in [0.2, 0.25) is 0 Å². The molecule has 1 aliphatic rings. The lowest BCUT2D eigenvalue weighted by Crippen LogP contribution is -2.45. The number of aromatic hydroxyl groups is 2. The number of nitrogens with zero attached hydrogens (tertiary/aromatic N) is 1. The van der Waals surface area contributed by atoms with Crippen molar-refractivity contribution in [2.75, 3.05) is 26.3 Å². The second-order valence-corrected chi connectivity index (χ2v) is 3.76. The Hall–Kier alpha value is -1.30. The fourth-order valence-corrected chi connectivity index (χ4v) is 1.60. The van der Waals surface area contributed by atoms with E-state index < -0.39 is 0 Å². The first-order valence-electron chi connectivity index (χ1n) is 5.33. The zero-order valence-corrected chi connectivity index (χ0v) is 9.02. The molecule has 0 radical (unpaired) electrons. The number of hydrogen-bond acceptors (Lipinski definition) is 5. The van der Waals surface area contributed by atoms with Crippen LogP contribution in [0.15, 0.2) is 18.2 Å². The zero-order chi connectivity index (χ0) is 11.4. The van der Waals surface area contributed by atoms with Gasteiger partial charge in [0.2, 0.25) is 0 Å². The number of rotatable bonds is 3. The lowest BCUT2D eigenvalue weighted by atomic mass is 10.2. The van der Waals surface area contributed by atoms with Crippen LogP contribution in [0.4, 0.5) is 0 Å². The Labute approximate surface area is 94.2 Å². The summed E-state index contributed by atoms with van der Waals surface area (Å²) >= 11 is 0. The molecule has 1 aromatic rings. The number of hydrogen-bond donors (Lipinski definition) is 3. The van der Waals surface area contributed by atoms with Crippen LogP contribution in [0.25, 0.3) is 0 Å². The van der Waals surface area contributed by atoms with Crippen molar-refractivity contribution in [3.8, 4) is 11.5 Å². The highest BCUT2D eigenvalue weighted by atomic mass is 16.5. The third-order valence-corrected chi connectivity index (χ3v) is 2.56. The first-order valence-corrected chi connectivity index (χ1v) is 5.33. The van der Waals surface area contributed by atoms with Crippen LogP contribution in [0.1, 0.15) is 5.56 Å². The first kappa shape index (κ1) is 11.2. The predicted molar refractivity (Wildman–Crippen MR) is 59.0 cm³/mol. The van der Waals surface area contributed by atoms with Gasteiger partial charge in [0.05, 0.1) is 13.2 Å². The van der Waals surface area contributed by atoms with Crippen molar-refractivity contribution in [2.45, 2.75) is 6.54 Å². The van der Waals surface area contributed by atoms with Crippen LogP contribution < -0.4 is 5.43 Å². The van der Waals surface area contributed by atoms with Crippen molar-refractivity contribution in [3.63, 3.8) is 0 Å². The number of phenolic OH excluding ortho intramolecular Hbond substituents is 2. The van der Waals surface area contributed by atoms with Crippen LogP contribution in [0.3, 0.4) is 0 Å². The standard InChI is InChI=1S/C11H16N2O3/c14-10-2-1-9(7-11(10)15)8-12-13-3-5-16-6-4-13/h1-2,7,12,14-15H,3-6,8H2. The maximum atomic E-state index is 9.33. The van der Waals surface area contributed by atoms with Gasteiger partial charge >= 0.3 is 0 Å². The third kappa shape index (κ3) is 2.85. The molecule has 3 N–H and O–H groups in total. The van der Waals surface area contributed by atoms with Gasteiger partial charge in [-0.1, -0.05) is 6.07 Å². The van der Waals surface area contributed by atoms with Crippen molar-refractivity contribution in [3.05, 3.63) is 23.8 Å². The summed E-state index contributed by atoms with van der Waals surface area (Å²) in [6.45, 7) is 3.85. The first-order chi connectivity index (χ1) is 7.75. The van der Waals surface area contributed by atoms with Gasteiger partial charge in [0, 0.05) is 19.6 Å². The Morgan fingerprint density at radius 1 is 1.19 bits per heavy atom. The van der Waals surface area contributed by atoms with E-state index in [9.17, 15) is 5.11 Å². The van der Waals surface area contributed by atoms with E-state index in [1.165, 1.54) is 6.07 Å². The molecule has 1 aromatic carbocycles. The van der Waals surface area contributed by atoms with Crippen molar-refractivity contribution in [2.24, 2.45) is 0 Å². The molecule has 1 fully saturated rings. The Morgan fingerprint density at radius 2 is 1.94 bits per heavy atom. The second kappa shape index (κ2) is 5.16. The van der Waals surface area contributed by atoms with Gasteiger partial charge in [0.1, 0.15) is 0 Å². The average molecular weight is 224 g/mol. The molecule has 5 nitrogen and oxygen atoms in total. The highest BCUT2D eigenvalue weighted by Crippen LogP contribution is 2.24. The molecule has 0 spiro atoms. The van der Waals surface area contributed by atoms with Crippen LogP contribution in [0, 0.1) is 0 Å². The van der Waals surface area contributed by atoms with E-state index in [4.69, 9.17) is 9.84 Å². The summed E-state index contributed by atoms with van der Waals surface area (Å²) in [6.07, 6.45) is 0. The summed E-state index contributed by atoms with van der Waals surface area (Å²) in [5, 5.41) is 20.6. The van der Waals surface area contributed by atoms with Crippen molar-refractivity contribution < 1.29 is 14.9 Å². The molecule has 0 unspecified atom stereocenters. The Kier molecular flexibility index (Phi) is 3.61. The van der Waals surface area contributed by atoms with E-state index >= 15 is 0 Å². The number of morpholine rings is 1. The van der Waals surface area contributed by atoms with E-state index in [0.717, 1.165) is 31.9 Å². The number of nitrogens with one attached hydrogen (secondary N) is 1. The molecular formula is C11H16N2O3. The maximum absolute atomic E-state index is 9.33. The molecule has 0 amide bonds. The number of ether oxygens (including phenoxy) is 1. The summed E-state index contributed by atoms with van der Waals surface area (Å²) in [4.78, 5) is 0. The van der Waals surface area contributed by atoms with Crippen LogP contribution in [-0.4, -0.2) is 41.5 Å². The normalized spacial score (nSPS) is 17.5. The van der Waals surface area contributed by atoms with Crippen LogP contribution in [-0.2, 0) is 11.3 Å².